The van der Waals surface area contributed by atoms with Crippen LogP contribution >= 0.6 is 12.4 Å². The molecule has 3 nitrogen and oxygen atoms in total. The van der Waals surface area contributed by atoms with Crippen LogP contribution in [-0.4, -0.2) is 37.0 Å². The largest absolute Gasteiger partial charge is 0.343 e. The maximum Gasteiger partial charge on any atom is 0.222 e. The molecule has 0 unspecified atom stereocenters. The van der Waals surface area contributed by atoms with Crippen LogP contribution in [-0.2, 0) is 17.6 Å². The predicted molar refractivity (Wildman–Crippen MR) is 99.2 cm³/mol. The molecule has 2 rings (SSSR count). The number of amides is 1. The minimum Gasteiger partial charge on any atom is -0.343 e. The topological polar surface area (TPSA) is 32.3 Å². The second kappa shape index (κ2) is 10.7. The lowest BCUT2D eigenvalue weighted by Crippen LogP contribution is -2.40. The van der Waals surface area contributed by atoms with Gasteiger partial charge < -0.3 is 10.2 Å². The van der Waals surface area contributed by atoms with Gasteiger partial charge in [-0.05, 0) is 55.8 Å². The number of halogens is 1. The first kappa shape index (κ1) is 20.0. The van der Waals surface area contributed by atoms with E-state index in [2.05, 4.69) is 48.3 Å². The minimum absolute atomic E-state index is 0. The van der Waals surface area contributed by atoms with Gasteiger partial charge in [-0.3, -0.25) is 4.79 Å². The molecule has 1 aliphatic heterocycles. The quantitative estimate of drug-likeness (QED) is 0.825. The fourth-order valence-electron chi connectivity index (χ4n) is 3.09. The Morgan fingerprint density at radius 3 is 2.30 bits per heavy atom. The molecule has 0 atom stereocenters. The van der Waals surface area contributed by atoms with Crippen LogP contribution in [0.2, 0.25) is 0 Å². The summed E-state index contributed by atoms with van der Waals surface area (Å²) in [5.74, 6) is 1.06. The van der Waals surface area contributed by atoms with Crippen molar-refractivity contribution in [2.75, 3.05) is 26.2 Å². The Balaban J connectivity index is 0.00000264. The van der Waals surface area contributed by atoms with Crippen LogP contribution in [0.4, 0.5) is 0 Å². The molecular formula is C19H31ClN2O. The first-order chi connectivity index (χ1) is 10.7. The maximum absolute atomic E-state index is 12.3. The van der Waals surface area contributed by atoms with E-state index in [0.29, 0.717) is 12.3 Å². The van der Waals surface area contributed by atoms with Crippen LogP contribution in [0, 0.1) is 5.92 Å². The highest BCUT2D eigenvalue weighted by Crippen LogP contribution is 2.17. The van der Waals surface area contributed by atoms with E-state index in [1.807, 2.05) is 0 Å². The zero-order valence-electron chi connectivity index (χ0n) is 14.5. The average Bonchev–Trinajstić information content (AvgIpc) is 2.58. The van der Waals surface area contributed by atoms with E-state index in [1.165, 1.54) is 11.1 Å². The lowest BCUT2D eigenvalue weighted by Gasteiger charge is -2.32. The molecule has 1 N–H and O–H groups in total. The molecule has 0 radical (unpaired) electrons. The smallest absolute Gasteiger partial charge is 0.222 e. The first-order valence-electron chi connectivity index (χ1n) is 8.79. The van der Waals surface area contributed by atoms with Crippen LogP contribution < -0.4 is 5.32 Å². The number of carbonyl (C=O) groups excluding carboxylic acids is 1. The summed E-state index contributed by atoms with van der Waals surface area (Å²) in [6.07, 6.45) is 4.86. The molecule has 130 valence electrons. The fraction of sp³-hybridized carbons (Fsp3) is 0.632. The lowest BCUT2D eigenvalue weighted by atomic mass is 9.96. The third-order valence-corrected chi connectivity index (χ3v) is 4.71. The summed E-state index contributed by atoms with van der Waals surface area (Å²) < 4.78 is 0. The summed E-state index contributed by atoms with van der Waals surface area (Å²) in [6.45, 7) is 8.31. The summed E-state index contributed by atoms with van der Waals surface area (Å²) in [5.41, 5.74) is 2.63. The molecule has 1 fully saturated rings. The van der Waals surface area contributed by atoms with E-state index in [0.717, 1.165) is 57.8 Å². The SMILES string of the molecule is CCNCC1CCN(C(=O)CCc2ccc(CC)cc2)CC1.Cl. The molecule has 0 saturated carbocycles. The molecular weight excluding hydrogens is 308 g/mol. The number of hydrogen-bond acceptors (Lipinski definition) is 2. The van der Waals surface area contributed by atoms with Crippen molar-refractivity contribution in [1.29, 1.82) is 0 Å². The van der Waals surface area contributed by atoms with Crippen LogP contribution in [0.25, 0.3) is 0 Å². The summed E-state index contributed by atoms with van der Waals surface area (Å²) in [4.78, 5) is 14.4. The van der Waals surface area contributed by atoms with E-state index in [4.69, 9.17) is 0 Å². The molecule has 4 heteroatoms. The molecule has 0 bridgehead atoms. The van der Waals surface area contributed by atoms with Gasteiger partial charge in [-0.2, -0.15) is 0 Å². The Bertz CT molecular complexity index is 453. The van der Waals surface area contributed by atoms with Crippen molar-refractivity contribution in [2.24, 2.45) is 5.92 Å². The normalized spacial score (nSPS) is 15.3. The zero-order chi connectivity index (χ0) is 15.8. The van der Waals surface area contributed by atoms with Gasteiger partial charge in [0.15, 0.2) is 0 Å². The summed E-state index contributed by atoms with van der Waals surface area (Å²) in [6, 6.07) is 8.67. The maximum atomic E-state index is 12.3. The highest BCUT2D eigenvalue weighted by atomic mass is 35.5. The van der Waals surface area contributed by atoms with Crippen molar-refractivity contribution in [3.05, 3.63) is 35.4 Å². The van der Waals surface area contributed by atoms with E-state index in [-0.39, 0.29) is 12.4 Å². The van der Waals surface area contributed by atoms with Crippen molar-refractivity contribution in [3.8, 4) is 0 Å². The summed E-state index contributed by atoms with van der Waals surface area (Å²) >= 11 is 0. The van der Waals surface area contributed by atoms with Crippen molar-refractivity contribution >= 4 is 18.3 Å². The Hall–Kier alpha value is -1.06. The molecule has 1 amide bonds. The third kappa shape index (κ3) is 6.52. The number of likely N-dealkylation sites (tertiary alicyclic amines) is 1. The molecule has 23 heavy (non-hydrogen) atoms. The predicted octanol–water partition coefficient (Wildman–Crippen LogP) is 3.45. The Morgan fingerprint density at radius 2 is 1.74 bits per heavy atom. The van der Waals surface area contributed by atoms with Crippen LogP contribution in [0.1, 0.15) is 44.2 Å². The van der Waals surface area contributed by atoms with Crippen LogP contribution in [0.3, 0.4) is 0 Å². The van der Waals surface area contributed by atoms with E-state index >= 15 is 0 Å². The van der Waals surface area contributed by atoms with Crippen LogP contribution in [0.15, 0.2) is 24.3 Å². The second-order valence-corrected chi connectivity index (χ2v) is 6.30. The van der Waals surface area contributed by atoms with E-state index in [9.17, 15) is 4.79 Å². The van der Waals surface area contributed by atoms with Gasteiger partial charge in [-0.25, -0.2) is 0 Å². The number of piperidine rings is 1. The molecule has 1 aliphatic rings. The Kier molecular flexibility index (Phi) is 9.27. The minimum atomic E-state index is 0. The van der Waals surface area contributed by atoms with Gasteiger partial charge >= 0.3 is 0 Å². The standard InChI is InChI=1S/C19H30N2O.ClH/c1-3-16-5-7-17(8-6-16)9-10-19(22)21-13-11-18(12-14-21)15-20-4-2;/h5-8,18,20H,3-4,9-15H2,1-2H3;1H. The van der Waals surface area contributed by atoms with E-state index in [1.54, 1.807) is 0 Å². The molecule has 1 saturated heterocycles. The third-order valence-electron chi connectivity index (χ3n) is 4.71. The highest BCUT2D eigenvalue weighted by Gasteiger charge is 2.22. The molecule has 0 aromatic heterocycles. The number of aryl methyl sites for hydroxylation is 2. The van der Waals surface area contributed by atoms with Gasteiger partial charge in [-0.1, -0.05) is 38.1 Å². The lowest BCUT2D eigenvalue weighted by molar-refractivity contribution is -0.132. The van der Waals surface area contributed by atoms with E-state index < -0.39 is 0 Å². The van der Waals surface area contributed by atoms with Gasteiger partial charge in [-0.15, -0.1) is 12.4 Å². The first-order valence-corrected chi connectivity index (χ1v) is 8.79. The van der Waals surface area contributed by atoms with Crippen molar-refractivity contribution in [2.45, 2.75) is 46.0 Å². The number of rotatable bonds is 7. The molecule has 1 aromatic carbocycles. The number of hydrogen-bond donors (Lipinski definition) is 1. The number of nitrogens with one attached hydrogen (secondary N) is 1. The zero-order valence-corrected chi connectivity index (χ0v) is 15.3. The Labute approximate surface area is 147 Å². The highest BCUT2D eigenvalue weighted by molar-refractivity contribution is 5.85. The van der Waals surface area contributed by atoms with Gasteiger partial charge in [0.05, 0.1) is 0 Å². The molecule has 1 aromatic rings. The van der Waals surface area contributed by atoms with Crippen molar-refractivity contribution < 1.29 is 4.79 Å². The van der Waals surface area contributed by atoms with Crippen molar-refractivity contribution in [3.63, 3.8) is 0 Å². The molecule has 0 aliphatic carbocycles. The number of carbonyl (C=O) groups is 1. The summed E-state index contributed by atoms with van der Waals surface area (Å²) in [7, 11) is 0. The Morgan fingerprint density at radius 1 is 1.13 bits per heavy atom. The number of nitrogens with zero attached hydrogens (tertiary/aromatic N) is 1. The van der Waals surface area contributed by atoms with Gasteiger partial charge in [0.25, 0.3) is 0 Å². The van der Waals surface area contributed by atoms with Crippen LogP contribution in [0.5, 0.6) is 0 Å². The molecule has 0 spiro atoms. The van der Waals surface area contributed by atoms with Crippen molar-refractivity contribution in [1.82, 2.24) is 10.2 Å². The molecule has 1 heterocycles. The monoisotopic (exact) mass is 338 g/mol. The fourth-order valence-corrected chi connectivity index (χ4v) is 3.09. The average molecular weight is 339 g/mol. The van der Waals surface area contributed by atoms with Gasteiger partial charge in [0.1, 0.15) is 0 Å². The summed E-state index contributed by atoms with van der Waals surface area (Å²) in [5, 5.41) is 3.41. The van der Waals surface area contributed by atoms with Gasteiger partial charge in [0.2, 0.25) is 5.91 Å². The number of benzene rings is 1. The van der Waals surface area contributed by atoms with Gasteiger partial charge in [0, 0.05) is 19.5 Å². The second-order valence-electron chi connectivity index (χ2n) is 6.30.